The van der Waals surface area contributed by atoms with Gasteiger partial charge in [-0.15, -0.1) is 0 Å². The summed E-state index contributed by atoms with van der Waals surface area (Å²) in [5.74, 6) is -0.571. The first-order chi connectivity index (χ1) is 15.5. The Balaban J connectivity index is 1.46. The maximum atomic E-state index is 14.1. The number of carbonyl (C=O) groups is 2. The van der Waals surface area contributed by atoms with Gasteiger partial charge in [-0.3, -0.25) is 9.69 Å². The summed E-state index contributed by atoms with van der Waals surface area (Å²) in [5, 5.41) is 2.99. The monoisotopic (exact) mass is 440 g/mol. The van der Waals surface area contributed by atoms with Crippen LogP contribution in [0.15, 0.2) is 42.5 Å². The van der Waals surface area contributed by atoms with E-state index in [4.69, 9.17) is 4.74 Å². The lowest BCUT2D eigenvalue weighted by Gasteiger charge is -2.37. The molecule has 0 radical (unpaired) electrons. The number of piperazine rings is 1. The molecule has 2 saturated heterocycles. The van der Waals surface area contributed by atoms with Gasteiger partial charge < -0.3 is 19.9 Å². The van der Waals surface area contributed by atoms with E-state index >= 15 is 0 Å². The Morgan fingerprint density at radius 1 is 1.09 bits per heavy atom. The second-order valence-electron chi connectivity index (χ2n) is 8.13. The highest BCUT2D eigenvalue weighted by atomic mass is 19.1. The van der Waals surface area contributed by atoms with Crippen LogP contribution in [0.25, 0.3) is 0 Å². The van der Waals surface area contributed by atoms with E-state index < -0.39 is 0 Å². The lowest BCUT2D eigenvalue weighted by molar-refractivity contribution is 0.0940. The van der Waals surface area contributed by atoms with Crippen LogP contribution in [-0.2, 0) is 4.74 Å². The van der Waals surface area contributed by atoms with E-state index in [1.165, 1.54) is 17.0 Å². The third-order valence-corrected chi connectivity index (χ3v) is 6.17. The van der Waals surface area contributed by atoms with E-state index in [1.807, 2.05) is 6.92 Å². The molecule has 2 aromatic rings. The summed E-state index contributed by atoms with van der Waals surface area (Å²) in [7, 11) is 0. The molecule has 170 valence electrons. The SMILES string of the molecule is CCN1CCN(c2ccc(F)cc2C(C)NC(=O)c2ccc(N3CCOC3=O)cc2)CC1. The van der Waals surface area contributed by atoms with Crippen molar-refractivity contribution in [1.29, 1.82) is 0 Å². The van der Waals surface area contributed by atoms with Gasteiger partial charge in [0.1, 0.15) is 12.4 Å². The highest BCUT2D eigenvalue weighted by Crippen LogP contribution is 2.29. The van der Waals surface area contributed by atoms with E-state index in [1.54, 1.807) is 30.3 Å². The molecular weight excluding hydrogens is 411 g/mol. The number of ether oxygens (including phenoxy) is 1. The average molecular weight is 441 g/mol. The Morgan fingerprint density at radius 2 is 1.81 bits per heavy atom. The first kappa shape index (κ1) is 22.1. The Kier molecular flexibility index (Phi) is 6.60. The molecule has 0 bridgehead atoms. The second kappa shape index (κ2) is 9.56. The predicted molar refractivity (Wildman–Crippen MR) is 122 cm³/mol. The lowest BCUT2D eigenvalue weighted by atomic mass is 10.0. The van der Waals surface area contributed by atoms with Gasteiger partial charge in [-0.1, -0.05) is 6.92 Å². The molecule has 8 heteroatoms. The minimum atomic E-state index is -0.380. The van der Waals surface area contributed by atoms with E-state index in [9.17, 15) is 14.0 Å². The molecule has 1 unspecified atom stereocenters. The number of nitrogens with zero attached hydrogens (tertiary/aromatic N) is 3. The number of nitrogens with one attached hydrogen (secondary N) is 1. The quantitative estimate of drug-likeness (QED) is 0.746. The Hall–Kier alpha value is -3.13. The zero-order valence-corrected chi connectivity index (χ0v) is 18.5. The molecule has 2 fully saturated rings. The summed E-state index contributed by atoms with van der Waals surface area (Å²) < 4.78 is 19.0. The molecule has 32 heavy (non-hydrogen) atoms. The van der Waals surface area contributed by atoms with E-state index in [0.717, 1.165) is 44.0 Å². The normalized spacial score (nSPS) is 17.9. The average Bonchev–Trinajstić information content (AvgIpc) is 3.25. The van der Waals surface area contributed by atoms with Gasteiger partial charge in [0.05, 0.1) is 12.6 Å². The Morgan fingerprint density at radius 3 is 2.44 bits per heavy atom. The fourth-order valence-electron chi connectivity index (χ4n) is 4.24. The van der Waals surface area contributed by atoms with E-state index in [0.29, 0.717) is 24.4 Å². The van der Waals surface area contributed by atoms with Crippen LogP contribution in [0.5, 0.6) is 0 Å². The highest BCUT2D eigenvalue weighted by Gasteiger charge is 2.24. The van der Waals surface area contributed by atoms with Crippen LogP contribution < -0.4 is 15.1 Å². The summed E-state index contributed by atoms with van der Waals surface area (Å²) in [6.45, 7) is 9.57. The summed E-state index contributed by atoms with van der Waals surface area (Å²) in [4.78, 5) is 30.7. The smallest absolute Gasteiger partial charge is 0.414 e. The molecule has 2 heterocycles. The molecule has 2 amide bonds. The van der Waals surface area contributed by atoms with Crippen LogP contribution in [0.1, 0.15) is 35.8 Å². The number of hydrogen-bond acceptors (Lipinski definition) is 5. The van der Waals surface area contributed by atoms with Crippen molar-refractivity contribution in [2.75, 3.05) is 55.7 Å². The van der Waals surface area contributed by atoms with Crippen LogP contribution in [0.4, 0.5) is 20.6 Å². The van der Waals surface area contributed by atoms with Crippen molar-refractivity contribution in [3.8, 4) is 0 Å². The van der Waals surface area contributed by atoms with Crippen molar-refractivity contribution in [2.45, 2.75) is 19.9 Å². The fourth-order valence-corrected chi connectivity index (χ4v) is 4.24. The van der Waals surface area contributed by atoms with Gasteiger partial charge in [-0.05, 0) is 55.9 Å². The maximum Gasteiger partial charge on any atom is 0.414 e. The van der Waals surface area contributed by atoms with Gasteiger partial charge >= 0.3 is 6.09 Å². The van der Waals surface area contributed by atoms with Crippen molar-refractivity contribution >= 4 is 23.4 Å². The number of rotatable bonds is 6. The third kappa shape index (κ3) is 4.70. The molecule has 0 spiro atoms. The topological polar surface area (TPSA) is 65.1 Å². The lowest BCUT2D eigenvalue weighted by Crippen LogP contribution is -2.46. The second-order valence-corrected chi connectivity index (χ2v) is 8.13. The fraction of sp³-hybridized carbons (Fsp3) is 0.417. The number of cyclic esters (lactones) is 1. The van der Waals surface area contributed by atoms with Crippen LogP contribution in [0, 0.1) is 5.82 Å². The highest BCUT2D eigenvalue weighted by molar-refractivity contribution is 5.96. The first-order valence-corrected chi connectivity index (χ1v) is 11.1. The van der Waals surface area contributed by atoms with Gasteiger partial charge in [-0.25, -0.2) is 9.18 Å². The summed E-state index contributed by atoms with van der Waals surface area (Å²) in [6, 6.07) is 11.2. The predicted octanol–water partition coefficient (Wildman–Crippen LogP) is 3.42. The maximum absolute atomic E-state index is 14.1. The Labute approximate surface area is 187 Å². The summed E-state index contributed by atoms with van der Waals surface area (Å²) in [6.07, 6.45) is -0.380. The molecule has 1 N–H and O–H groups in total. The van der Waals surface area contributed by atoms with Crippen molar-refractivity contribution in [3.05, 3.63) is 59.4 Å². The number of benzene rings is 2. The number of amides is 2. The third-order valence-electron chi connectivity index (χ3n) is 6.17. The number of carbonyl (C=O) groups excluding carboxylic acids is 2. The molecule has 0 saturated carbocycles. The molecule has 0 aromatic heterocycles. The minimum Gasteiger partial charge on any atom is -0.447 e. The zero-order valence-electron chi connectivity index (χ0n) is 18.5. The van der Waals surface area contributed by atoms with Gasteiger partial charge in [-0.2, -0.15) is 0 Å². The standard InChI is InChI=1S/C24H29FN4O3/c1-3-27-10-12-28(13-11-27)22-9-6-19(25)16-21(22)17(2)26-23(30)18-4-7-20(8-5-18)29-14-15-32-24(29)31/h4-9,16-17H,3,10-15H2,1-2H3,(H,26,30). The number of halogens is 1. The number of likely N-dealkylation sites (N-methyl/N-ethyl adjacent to an activating group) is 1. The zero-order chi connectivity index (χ0) is 22.7. The van der Waals surface area contributed by atoms with Crippen LogP contribution in [0.3, 0.4) is 0 Å². The number of anilines is 2. The van der Waals surface area contributed by atoms with Gasteiger partial charge in [0.15, 0.2) is 0 Å². The molecule has 2 aromatic carbocycles. The molecular formula is C24H29FN4O3. The van der Waals surface area contributed by atoms with Crippen LogP contribution in [-0.4, -0.2) is 62.8 Å². The van der Waals surface area contributed by atoms with Crippen molar-refractivity contribution in [2.24, 2.45) is 0 Å². The van der Waals surface area contributed by atoms with Crippen LogP contribution in [0.2, 0.25) is 0 Å². The van der Waals surface area contributed by atoms with Crippen LogP contribution >= 0.6 is 0 Å². The van der Waals surface area contributed by atoms with Gasteiger partial charge in [0.2, 0.25) is 0 Å². The molecule has 4 rings (SSSR count). The first-order valence-electron chi connectivity index (χ1n) is 11.1. The van der Waals surface area contributed by atoms with E-state index in [2.05, 4.69) is 22.0 Å². The number of hydrogen-bond donors (Lipinski definition) is 1. The van der Waals surface area contributed by atoms with E-state index in [-0.39, 0.29) is 23.9 Å². The molecule has 1 atom stereocenters. The largest absolute Gasteiger partial charge is 0.447 e. The molecule has 2 aliphatic heterocycles. The Bertz CT molecular complexity index is 974. The molecule has 0 aliphatic carbocycles. The van der Waals surface area contributed by atoms with Crippen molar-refractivity contribution in [3.63, 3.8) is 0 Å². The molecule has 7 nitrogen and oxygen atoms in total. The van der Waals surface area contributed by atoms with Crippen molar-refractivity contribution in [1.82, 2.24) is 10.2 Å². The van der Waals surface area contributed by atoms with Gasteiger partial charge in [0, 0.05) is 48.7 Å². The summed E-state index contributed by atoms with van der Waals surface area (Å²) >= 11 is 0. The molecule has 2 aliphatic rings. The van der Waals surface area contributed by atoms with Crippen molar-refractivity contribution < 1.29 is 18.7 Å². The minimum absolute atomic E-state index is 0.251. The van der Waals surface area contributed by atoms with Gasteiger partial charge in [0.25, 0.3) is 5.91 Å². The summed E-state index contributed by atoms with van der Waals surface area (Å²) in [5.41, 5.74) is 2.89.